The third kappa shape index (κ3) is 4.85. The molecule has 0 bridgehead atoms. The standard InChI is InChI=1S/C22H33N3O3/c1-15(16(2)24(3)22(27)28)11-21(26)23-20-10-9-18-13-25(14-19(18)20)12-17-7-5-4-6-8-17/h4-8,15-16,18-20H,9-14H2,1-3H3,(H,23,26)(H,27,28)/t15-,16+,18-,19+,20+/m1/s1. The maximum Gasteiger partial charge on any atom is 0.407 e. The lowest BCUT2D eigenvalue weighted by molar-refractivity contribution is -0.123. The first kappa shape index (κ1) is 20.6. The number of likely N-dealkylation sites (tertiary alicyclic amines) is 1. The summed E-state index contributed by atoms with van der Waals surface area (Å²) in [6.45, 7) is 6.93. The number of rotatable bonds is 7. The Kier molecular flexibility index (Phi) is 6.60. The number of hydrogen-bond donors (Lipinski definition) is 2. The van der Waals surface area contributed by atoms with Crippen LogP contribution in [0.3, 0.4) is 0 Å². The van der Waals surface area contributed by atoms with E-state index in [1.807, 2.05) is 19.9 Å². The minimum absolute atomic E-state index is 0.0172. The van der Waals surface area contributed by atoms with E-state index in [9.17, 15) is 9.59 Å². The van der Waals surface area contributed by atoms with Gasteiger partial charge in [0.1, 0.15) is 0 Å². The van der Waals surface area contributed by atoms with E-state index in [-0.39, 0.29) is 23.9 Å². The van der Waals surface area contributed by atoms with Crippen LogP contribution in [0, 0.1) is 17.8 Å². The molecule has 1 aromatic rings. The highest BCUT2D eigenvalue weighted by molar-refractivity contribution is 5.76. The number of nitrogens with zero attached hydrogens (tertiary/aromatic N) is 2. The zero-order valence-corrected chi connectivity index (χ0v) is 17.2. The average Bonchev–Trinajstić information content (AvgIpc) is 3.22. The zero-order valence-electron chi connectivity index (χ0n) is 17.2. The highest BCUT2D eigenvalue weighted by Crippen LogP contribution is 2.38. The van der Waals surface area contributed by atoms with Gasteiger partial charge in [0, 0.05) is 45.2 Å². The molecule has 0 spiro atoms. The van der Waals surface area contributed by atoms with Gasteiger partial charge < -0.3 is 15.3 Å². The maximum atomic E-state index is 12.6. The van der Waals surface area contributed by atoms with Gasteiger partial charge in [-0.1, -0.05) is 37.3 Å². The number of fused-ring (bicyclic) bond motifs is 1. The lowest BCUT2D eigenvalue weighted by atomic mass is 9.96. The molecule has 5 atom stereocenters. The summed E-state index contributed by atoms with van der Waals surface area (Å²) >= 11 is 0. The topological polar surface area (TPSA) is 72.9 Å². The van der Waals surface area contributed by atoms with Gasteiger partial charge in [0.2, 0.25) is 5.91 Å². The molecule has 2 aliphatic rings. The molecule has 6 heteroatoms. The van der Waals surface area contributed by atoms with Crippen molar-refractivity contribution < 1.29 is 14.7 Å². The maximum absolute atomic E-state index is 12.6. The summed E-state index contributed by atoms with van der Waals surface area (Å²) in [5, 5.41) is 12.4. The van der Waals surface area contributed by atoms with Crippen molar-refractivity contribution in [1.29, 1.82) is 0 Å². The molecule has 28 heavy (non-hydrogen) atoms. The molecule has 1 aliphatic heterocycles. The van der Waals surface area contributed by atoms with E-state index >= 15 is 0 Å². The normalized spacial score (nSPS) is 26.5. The Morgan fingerprint density at radius 2 is 1.93 bits per heavy atom. The SMILES string of the molecule is C[C@H](CC(=O)N[C@H]1CC[C@@H]2CN(Cc3ccccc3)C[C@@H]21)[C@H](C)N(C)C(=O)O. The number of nitrogens with one attached hydrogen (secondary N) is 1. The molecule has 154 valence electrons. The zero-order chi connectivity index (χ0) is 20.3. The molecular formula is C22H33N3O3. The predicted octanol–water partition coefficient (Wildman–Crippen LogP) is 3.04. The molecule has 0 aromatic heterocycles. The Morgan fingerprint density at radius 1 is 1.21 bits per heavy atom. The summed E-state index contributed by atoms with van der Waals surface area (Å²) in [6, 6.07) is 10.6. The van der Waals surface area contributed by atoms with E-state index in [0.717, 1.165) is 26.1 Å². The van der Waals surface area contributed by atoms with Crippen LogP contribution in [-0.4, -0.2) is 59.1 Å². The fraction of sp³-hybridized carbons (Fsp3) is 0.636. The van der Waals surface area contributed by atoms with Crippen LogP contribution in [-0.2, 0) is 11.3 Å². The molecule has 1 saturated carbocycles. The van der Waals surface area contributed by atoms with Crippen LogP contribution in [0.4, 0.5) is 4.79 Å². The van der Waals surface area contributed by atoms with E-state index in [1.54, 1.807) is 7.05 Å². The van der Waals surface area contributed by atoms with Crippen LogP contribution in [0.1, 0.15) is 38.7 Å². The van der Waals surface area contributed by atoms with Gasteiger partial charge in [0.05, 0.1) is 0 Å². The molecule has 6 nitrogen and oxygen atoms in total. The summed E-state index contributed by atoms with van der Waals surface area (Å²) in [7, 11) is 1.56. The average molecular weight is 388 g/mol. The van der Waals surface area contributed by atoms with Crippen LogP contribution in [0.5, 0.6) is 0 Å². The quantitative estimate of drug-likeness (QED) is 0.754. The molecule has 0 radical (unpaired) electrons. The molecular weight excluding hydrogens is 354 g/mol. The molecule has 1 heterocycles. The summed E-state index contributed by atoms with van der Waals surface area (Å²) in [5.74, 6) is 1.23. The first-order valence-corrected chi connectivity index (χ1v) is 10.4. The van der Waals surface area contributed by atoms with Gasteiger partial charge in [-0.15, -0.1) is 0 Å². The van der Waals surface area contributed by atoms with Crippen molar-refractivity contribution in [1.82, 2.24) is 15.1 Å². The van der Waals surface area contributed by atoms with Crippen LogP contribution >= 0.6 is 0 Å². The van der Waals surface area contributed by atoms with Crippen LogP contribution in [0.25, 0.3) is 0 Å². The summed E-state index contributed by atoms with van der Waals surface area (Å²) < 4.78 is 0. The number of hydrogen-bond acceptors (Lipinski definition) is 3. The smallest absolute Gasteiger partial charge is 0.407 e. The number of carboxylic acid groups (broad SMARTS) is 1. The summed E-state index contributed by atoms with van der Waals surface area (Å²) in [5.41, 5.74) is 1.34. The Hall–Kier alpha value is -2.08. The fourth-order valence-corrected chi connectivity index (χ4v) is 4.79. The molecule has 1 aromatic carbocycles. The second-order valence-corrected chi connectivity index (χ2v) is 8.67. The van der Waals surface area contributed by atoms with E-state index in [1.165, 1.54) is 16.9 Å². The van der Waals surface area contributed by atoms with Gasteiger partial charge in [0.15, 0.2) is 0 Å². The van der Waals surface area contributed by atoms with Crippen LogP contribution in [0.2, 0.25) is 0 Å². The monoisotopic (exact) mass is 387 g/mol. The Balaban J connectivity index is 1.49. The van der Waals surface area contributed by atoms with Gasteiger partial charge in [0.25, 0.3) is 0 Å². The highest BCUT2D eigenvalue weighted by Gasteiger charge is 2.43. The molecule has 2 amide bonds. The third-order valence-electron chi connectivity index (χ3n) is 6.77. The minimum atomic E-state index is -0.956. The van der Waals surface area contributed by atoms with Crippen LogP contribution in [0.15, 0.2) is 30.3 Å². The van der Waals surface area contributed by atoms with Gasteiger partial charge in [-0.3, -0.25) is 9.69 Å². The first-order valence-electron chi connectivity index (χ1n) is 10.4. The van der Waals surface area contributed by atoms with Crippen molar-refractivity contribution in [2.45, 2.75) is 51.7 Å². The van der Waals surface area contributed by atoms with E-state index < -0.39 is 6.09 Å². The van der Waals surface area contributed by atoms with E-state index in [4.69, 9.17) is 5.11 Å². The molecule has 0 unspecified atom stereocenters. The molecule has 1 aliphatic carbocycles. The summed E-state index contributed by atoms with van der Waals surface area (Å²) in [4.78, 5) is 27.5. The molecule has 2 N–H and O–H groups in total. The molecule has 3 rings (SSSR count). The highest BCUT2D eigenvalue weighted by atomic mass is 16.4. The molecule has 2 fully saturated rings. The van der Waals surface area contributed by atoms with Gasteiger partial charge in [-0.25, -0.2) is 4.79 Å². The Labute approximate surface area is 167 Å². The van der Waals surface area contributed by atoms with Crippen molar-refractivity contribution in [2.75, 3.05) is 20.1 Å². The van der Waals surface area contributed by atoms with Crippen molar-refractivity contribution >= 4 is 12.0 Å². The Bertz CT molecular complexity index is 681. The summed E-state index contributed by atoms with van der Waals surface area (Å²) in [6.07, 6.45) is 1.64. The first-order chi connectivity index (χ1) is 13.3. The van der Waals surface area contributed by atoms with Gasteiger partial charge >= 0.3 is 6.09 Å². The van der Waals surface area contributed by atoms with Gasteiger partial charge in [-0.2, -0.15) is 0 Å². The third-order valence-corrected chi connectivity index (χ3v) is 6.77. The van der Waals surface area contributed by atoms with Crippen molar-refractivity contribution in [3.63, 3.8) is 0 Å². The number of carbonyl (C=O) groups excluding carboxylic acids is 1. The van der Waals surface area contributed by atoms with Gasteiger partial charge in [-0.05, 0) is 43.1 Å². The predicted molar refractivity (Wildman–Crippen MR) is 109 cm³/mol. The van der Waals surface area contributed by atoms with E-state index in [2.05, 4.69) is 34.5 Å². The lowest BCUT2D eigenvalue weighted by Gasteiger charge is -2.28. The second-order valence-electron chi connectivity index (χ2n) is 8.67. The minimum Gasteiger partial charge on any atom is -0.465 e. The molecule has 1 saturated heterocycles. The van der Waals surface area contributed by atoms with Crippen molar-refractivity contribution in [3.05, 3.63) is 35.9 Å². The van der Waals surface area contributed by atoms with Crippen molar-refractivity contribution in [3.8, 4) is 0 Å². The number of carbonyl (C=O) groups is 2. The fourth-order valence-electron chi connectivity index (χ4n) is 4.79. The van der Waals surface area contributed by atoms with Crippen molar-refractivity contribution in [2.24, 2.45) is 17.8 Å². The number of amides is 2. The lowest BCUT2D eigenvalue weighted by Crippen LogP contribution is -2.43. The van der Waals surface area contributed by atoms with Crippen LogP contribution < -0.4 is 5.32 Å². The number of benzene rings is 1. The van der Waals surface area contributed by atoms with E-state index in [0.29, 0.717) is 18.3 Å². The second kappa shape index (κ2) is 8.95. The largest absolute Gasteiger partial charge is 0.465 e. The Morgan fingerprint density at radius 3 is 2.61 bits per heavy atom.